The molecule has 4 rings (SSSR count). The summed E-state index contributed by atoms with van der Waals surface area (Å²) >= 11 is 0. The van der Waals surface area contributed by atoms with Crippen LogP contribution < -0.4 is 5.76 Å². The minimum absolute atomic E-state index is 0. The molecule has 2 aromatic rings. The molecule has 2 aliphatic rings. The van der Waals surface area contributed by atoms with Crippen molar-refractivity contribution < 1.29 is 9.15 Å². The third-order valence-corrected chi connectivity index (χ3v) is 6.52. The highest BCUT2D eigenvalue weighted by Crippen LogP contribution is 2.38. The molecule has 2 heterocycles. The summed E-state index contributed by atoms with van der Waals surface area (Å²) in [6, 6.07) is 7.99. The number of piperidine rings is 1. The van der Waals surface area contributed by atoms with Crippen LogP contribution in [0.4, 0.5) is 0 Å². The van der Waals surface area contributed by atoms with Gasteiger partial charge in [0.25, 0.3) is 0 Å². The molecule has 0 atom stereocenters. The first-order chi connectivity index (χ1) is 12.6. The monoisotopic (exact) mass is 394 g/mol. The summed E-state index contributed by atoms with van der Waals surface area (Å²) in [4.78, 5) is 15.0. The maximum absolute atomic E-state index is 12.4. The summed E-state index contributed by atoms with van der Waals surface area (Å²) in [6.07, 6.45) is 7.20. The zero-order chi connectivity index (χ0) is 18.1. The first kappa shape index (κ1) is 20.4. The fourth-order valence-corrected chi connectivity index (χ4v) is 4.93. The summed E-state index contributed by atoms with van der Waals surface area (Å²) in [5.41, 5.74) is 1.91. The van der Waals surface area contributed by atoms with Crippen molar-refractivity contribution in [3.8, 4) is 0 Å². The van der Waals surface area contributed by atoms with Gasteiger partial charge in [-0.2, -0.15) is 0 Å². The highest BCUT2D eigenvalue weighted by atomic mass is 35.5. The average molecular weight is 395 g/mol. The van der Waals surface area contributed by atoms with Crippen molar-refractivity contribution in [3.05, 3.63) is 34.8 Å². The predicted molar refractivity (Wildman–Crippen MR) is 110 cm³/mol. The number of hydrogen-bond donors (Lipinski definition) is 0. The number of nitrogens with zero attached hydrogens (tertiary/aromatic N) is 2. The van der Waals surface area contributed by atoms with Crippen molar-refractivity contribution in [1.29, 1.82) is 0 Å². The minimum atomic E-state index is -0.215. The topological polar surface area (TPSA) is 47.6 Å². The maximum atomic E-state index is 12.4. The van der Waals surface area contributed by atoms with E-state index in [9.17, 15) is 4.79 Å². The van der Waals surface area contributed by atoms with Crippen LogP contribution in [0.25, 0.3) is 11.1 Å². The van der Waals surface area contributed by atoms with Crippen LogP contribution in [-0.2, 0) is 4.74 Å². The van der Waals surface area contributed by atoms with Crippen LogP contribution in [0.2, 0.25) is 0 Å². The number of fused-ring (bicyclic) bond motifs is 1. The third kappa shape index (κ3) is 3.96. The molecule has 0 spiro atoms. The molecule has 150 valence electrons. The van der Waals surface area contributed by atoms with Crippen molar-refractivity contribution in [2.24, 2.45) is 0 Å². The van der Waals surface area contributed by atoms with E-state index in [-0.39, 0.29) is 29.7 Å². The number of hydrogen-bond acceptors (Lipinski definition) is 4. The van der Waals surface area contributed by atoms with Crippen molar-refractivity contribution in [3.63, 3.8) is 0 Å². The quantitative estimate of drug-likeness (QED) is 0.771. The van der Waals surface area contributed by atoms with Gasteiger partial charge in [-0.05, 0) is 64.5 Å². The van der Waals surface area contributed by atoms with E-state index in [4.69, 9.17) is 9.15 Å². The number of benzene rings is 1. The van der Waals surface area contributed by atoms with Crippen LogP contribution >= 0.6 is 12.4 Å². The Morgan fingerprint density at radius 2 is 1.81 bits per heavy atom. The van der Waals surface area contributed by atoms with Crippen LogP contribution in [0.3, 0.4) is 0 Å². The van der Waals surface area contributed by atoms with Gasteiger partial charge in [0, 0.05) is 31.3 Å². The lowest BCUT2D eigenvalue weighted by Crippen LogP contribution is -2.52. The number of aromatic nitrogens is 1. The second kappa shape index (κ2) is 8.38. The van der Waals surface area contributed by atoms with Crippen LogP contribution in [0.1, 0.15) is 58.4 Å². The highest BCUT2D eigenvalue weighted by Gasteiger charge is 2.38. The molecule has 6 heteroatoms. The molecule has 5 nitrogen and oxygen atoms in total. The Kier molecular flexibility index (Phi) is 6.34. The molecule has 0 bridgehead atoms. The molecular formula is C21H31ClN2O3. The van der Waals surface area contributed by atoms with Crippen molar-refractivity contribution in [2.75, 3.05) is 19.7 Å². The van der Waals surface area contributed by atoms with Gasteiger partial charge in [0.15, 0.2) is 5.58 Å². The number of oxazole rings is 1. The maximum Gasteiger partial charge on any atom is 0.420 e. The summed E-state index contributed by atoms with van der Waals surface area (Å²) in [5.74, 6) is -0.215. The smallest absolute Gasteiger partial charge is 0.408 e. The number of ether oxygens (including phenoxy) is 1. The molecule has 1 aliphatic carbocycles. The number of para-hydroxylation sites is 2. The molecule has 0 unspecified atom stereocenters. The van der Waals surface area contributed by atoms with Crippen molar-refractivity contribution >= 4 is 23.5 Å². The number of rotatable bonds is 4. The van der Waals surface area contributed by atoms with Gasteiger partial charge >= 0.3 is 5.76 Å². The van der Waals surface area contributed by atoms with E-state index in [1.165, 1.54) is 12.8 Å². The zero-order valence-electron chi connectivity index (χ0n) is 16.4. The highest BCUT2D eigenvalue weighted by molar-refractivity contribution is 5.85. The fourth-order valence-electron chi connectivity index (χ4n) is 4.93. The standard InChI is InChI=1S/C21H30N2O3.ClH/c1-3-25-17-8-12-21(2,13-9-17)22-14-10-16(11-15-22)23-18-6-4-5-7-19(18)26-20(23)24;/h4-7,16-17H,3,8-15H2,1-2H3;1H/t17-,21-;. The van der Waals surface area contributed by atoms with Crippen LogP contribution in [0, 0.1) is 0 Å². The third-order valence-electron chi connectivity index (χ3n) is 6.52. The van der Waals surface area contributed by atoms with E-state index < -0.39 is 0 Å². The van der Waals surface area contributed by atoms with Crippen molar-refractivity contribution in [2.45, 2.75) is 70.1 Å². The fraction of sp³-hybridized carbons (Fsp3) is 0.667. The Hall–Kier alpha value is -1.30. The second-order valence-corrected chi connectivity index (χ2v) is 8.08. The molecule has 0 radical (unpaired) electrons. The Labute approximate surface area is 167 Å². The van der Waals surface area contributed by atoms with Gasteiger partial charge in [0.05, 0.1) is 11.6 Å². The largest absolute Gasteiger partial charge is 0.420 e. The predicted octanol–water partition coefficient (Wildman–Crippen LogP) is 4.39. The lowest BCUT2D eigenvalue weighted by atomic mass is 9.79. The molecule has 1 aromatic heterocycles. The normalized spacial score (nSPS) is 27.6. The summed E-state index contributed by atoms with van der Waals surface area (Å²) in [6.45, 7) is 7.41. The van der Waals surface area contributed by atoms with Gasteiger partial charge < -0.3 is 9.15 Å². The lowest BCUT2D eigenvalue weighted by Gasteiger charge is -2.48. The minimum Gasteiger partial charge on any atom is -0.408 e. The SMILES string of the molecule is CCO[C@H]1CC[C@](C)(N2CCC(n3c(=O)oc4ccccc43)CC2)CC1.Cl. The Balaban J connectivity index is 0.00000210. The van der Waals surface area contributed by atoms with E-state index >= 15 is 0 Å². The molecule has 0 N–H and O–H groups in total. The molecule has 1 aromatic carbocycles. The van der Waals surface area contributed by atoms with E-state index in [0.717, 1.165) is 50.9 Å². The average Bonchev–Trinajstić information content (AvgIpc) is 3.00. The molecular weight excluding hydrogens is 364 g/mol. The zero-order valence-corrected chi connectivity index (χ0v) is 17.2. The van der Waals surface area contributed by atoms with E-state index in [1.54, 1.807) is 0 Å². The molecule has 2 fully saturated rings. The molecule has 27 heavy (non-hydrogen) atoms. The Morgan fingerprint density at radius 3 is 2.48 bits per heavy atom. The Bertz CT molecular complexity index is 799. The van der Waals surface area contributed by atoms with Crippen LogP contribution in [0.5, 0.6) is 0 Å². The second-order valence-electron chi connectivity index (χ2n) is 8.08. The van der Waals surface area contributed by atoms with E-state index in [1.807, 2.05) is 28.8 Å². The molecule has 1 saturated heterocycles. The van der Waals surface area contributed by atoms with E-state index in [2.05, 4.69) is 18.7 Å². The number of likely N-dealkylation sites (tertiary alicyclic amines) is 1. The van der Waals surface area contributed by atoms with Crippen LogP contribution in [-0.4, -0.2) is 40.8 Å². The number of halogens is 1. The molecule has 1 aliphatic heterocycles. The van der Waals surface area contributed by atoms with Gasteiger partial charge in [-0.15, -0.1) is 12.4 Å². The lowest BCUT2D eigenvalue weighted by molar-refractivity contribution is -0.0274. The van der Waals surface area contributed by atoms with Gasteiger partial charge in [-0.25, -0.2) is 4.79 Å². The first-order valence-electron chi connectivity index (χ1n) is 10.1. The molecule has 0 amide bonds. The van der Waals surface area contributed by atoms with Gasteiger partial charge in [0.1, 0.15) is 0 Å². The summed E-state index contributed by atoms with van der Waals surface area (Å²) in [7, 11) is 0. The summed E-state index contributed by atoms with van der Waals surface area (Å²) in [5, 5.41) is 0. The van der Waals surface area contributed by atoms with Gasteiger partial charge in [0.2, 0.25) is 0 Å². The first-order valence-corrected chi connectivity index (χ1v) is 10.1. The Morgan fingerprint density at radius 1 is 1.15 bits per heavy atom. The van der Waals surface area contributed by atoms with Gasteiger partial charge in [-0.1, -0.05) is 12.1 Å². The van der Waals surface area contributed by atoms with Crippen molar-refractivity contribution in [1.82, 2.24) is 9.47 Å². The van der Waals surface area contributed by atoms with Crippen LogP contribution in [0.15, 0.2) is 33.5 Å². The van der Waals surface area contributed by atoms with E-state index in [0.29, 0.717) is 11.7 Å². The van der Waals surface area contributed by atoms with Gasteiger partial charge in [-0.3, -0.25) is 9.47 Å². The molecule has 1 saturated carbocycles. The summed E-state index contributed by atoms with van der Waals surface area (Å²) < 4.78 is 13.1.